The molecule has 2 N–H and O–H groups in total. The van der Waals surface area contributed by atoms with Gasteiger partial charge in [0.1, 0.15) is 10.8 Å². The Balaban J connectivity index is 2.21. The Hall–Kier alpha value is -1.21. The molecule has 98 valence electrons. The van der Waals surface area contributed by atoms with Crippen LogP contribution in [0, 0.1) is 5.82 Å². The van der Waals surface area contributed by atoms with E-state index in [1.807, 2.05) is 4.90 Å². The van der Waals surface area contributed by atoms with Crippen molar-refractivity contribution in [1.29, 1.82) is 0 Å². The van der Waals surface area contributed by atoms with E-state index >= 15 is 0 Å². The van der Waals surface area contributed by atoms with Gasteiger partial charge in [-0.05, 0) is 18.2 Å². The van der Waals surface area contributed by atoms with Crippen molar-refractivity contribution in [2.24, 2.45) is 5.73 Å². The van der Waals surface area contributed by atoms with Crippen LogP contribution in [0.2, 0.25) is 0 Å². The largest absolute Gasteiger partial charge is 0.389 e. The van der Waals surface area contributed by atoms with E-state index in [1.54, 1.807) is 6.07 Å². The third kappa shape index (κ3) is 2.78. The summed E-state index contributed by atoms with van der Waals surface area (Å²) in [6.45, 7) is 0.766. The number of nitrogens with zero attached hydrogens (tertiary/aromatic N) is 1. The summed E-state index contributed by atoms with van der Waals surface area (Å²) in [6.07, 6.45) is 0. The van der Waals surface area contributed by atoms with Crippen molar-refractivity contribution in [2.75, 3.05) is 29.5 Å². The predicted molar refractivity (Wildman–Crippen MR) is 73.2 cm³/mol. The van der Waals surface area contributed by atoms with Crippen molar-refractivity contribution < 1.29 is 12.8 Å². The molecule has 0 amide bonds. The molecular formula is C11H13FN2O2S2. The van der Waals surface area contributed by atoms with Crippen LogP contribution >= 0.6 is 12.2 Å². The van der Waals surface area contributed by atoms with Crippen molar-refractivity contribution in [3.8, 4) is 0 Å². The Bertz CT molecular complexity index is 573. The van der Waals surface area contributed by atoms with Gasteiger partial charge >= 0.3 is 0 Å². The number of anilines is 1. The van der Waals surface area contributed by atoms with Crippen LogP contribution in [0.1, 0.15) is 5.56 Å². The van der Waals surface area contributed by atoms with Gasteiger partial charge in [-0.3, -0.25) is 0 Å². The van der Waals surface area contributed by atoms with E-state index < -0.39 is 15.7 Å². The summed E-state index contributed by atoms with van der Waals surface area (Å²) in [5.74, 6) is -0.273. The number of rotatable bonds is 2. The van der Waals surface area contributed by atoms with Crippen LogP contribution in [0.25, 0.3) is 0 Å². The zero-order chi connectivity index (χ0) is 13.3. The van der Waals surface area contributed by atoms with Gasteiger partial charge in [-0.15, -0.1) is 0 Å². The van der Waals surface area contributed by atoms with Crippen LogP contribution in [0.15, 0.2) is 18.2 Å². The van der Waals surface area contributed by atoms with Crippen LogP contribution in [-0.4, -0.2) is 38.0 Å². The van der Waals surface area contributed by atoms with Crippen LogP contribution in [0.3, 0.4) is 0 Å². The fourth-order valence-corrected chi connectivity index (χ4v) is 3.24. The highest BCUT2D eigenvalue weighted by Crippen LogP contribution is 2.20. The summed E-state index contributed by atoms with van der Waals surface area (Å²) in [6, 6.07) is 4.57. The van der Waals surface area contributed by atoms with Gasteiger partial charge in [-0.25, -0.2) is 12.8 Å². The minimum atomic E-state index is -2.93. The molecule has 0 aliphatic carbocycles. The fraction of sp³-hybridized carbons (Fsp3) is 0.364. The van der Waals surface area contributed by atoms with E-state index in [1.165, 1.54) is 12.1 Å². The van der Waals surface area contributed by atoms with E-state index in [0.717, 1.165) is 0 Å². The molecule has 1 heterocycles. The maximum absolute atomic E-state index is 13.7. The average Bonchev–Trinajstić information content (AvgIpc) is 2.28. The van der Waals surface area contributed by atoms with Crippen LogP contribution < -0.4 is 10.6 Å². The highest BCUT2D eigenvalue weighted by atomic mass is 32.2. The van der Waals surface area contributed by atoms with E-state index in [2.05, 4.69) is 0 Å². The molecule has 1 fully saturated rings. The van der Waals surface area contributed by atoms with Gasteiger partial charge in [0.05, 0.1) is 11.5 Å². The van der Waals surface area contributed by atoms with Gasteiger partial charge in [0.25, 0.3) is 0 Å². The van der Waals surface area contributed by atoms with Crippen LogP contribution in [0.5, 0.6) is 0 Å². The zero-order valence-electron chi connectivity index (χ0n) is 9.60. The molecule has 18 heavy (non-hydrogen) atoms. The predicted octanol–water partition coefficient (Wildman–Crippen LogP) is 0.695. The molecule has 4 nitrogen and oxygen atoms in total. The highest BCUT2D eigenvalue weighted by molar-refractivity contribution is 7.91. The number of benzene rings is 1. The Kier molecular flexibility index (Phi) is 3.54. The van der Waals surface area contributed by atoms with E-state index in [9.17, 15) is 12.8 Å². The molecule has 1 aliphatic rings. The maximum Gasteiger partial charge on any atom is 0.153 e. The number of hydrogen-bond donors (Lipinski definition) is 1. The van der Waals surface area contributed by atoms with Gasteiger partial charge < -0.3 is 10.6 Å². The van der Waals surface area contributed by atoms with Crippen molar-refractivity contribution >= 4 is 32.7 Å². The van der Waals surface area contributed by atoms with Crippen molar-refractivity contribution in [3.05, 3.63) is 29.6 Å². The van der Waals surface area contributed by atoms with E-state index in [0.29, 0.717) is 18.8 Å². The lowest BCUT2D eigenvalue weighted by molar-refractivity contribution is 0.586. The smallest absolute Gasteiger partial charge is 0.153 e. The average molecular weight is 288 g/mol. The Labute approximate surface area is 110 Å². The first-order valence-corrected chi connectivity index (χ1v) is 7.67. The Morgan fingerprint density at radius 3 is 2.44 bits per heavy atom. The molecule has 1 aromatic carbocycles. The first kappa shape index (κ1) is 13.2. The van der Waals surface area contributed by atoms with E-state index in [4.69, 9.17) is 18.0 Å². The van der Waals surface area contributed by atoms with E-state index in [-0.39, 0.29) is 22.1 Å². The first-order chi connectivity index (χ1) is 8.39. The number of sulfone groups is 1. The monoisotopic (exact) mass is 288 g/mol. The second-order valence-electron chi connectivity index (χ2n) is 4.17. The molecule has 2 rings (SSSR count). The molecular weight excluding hydrogens is 275 g/mol. The lowest BCUT2D eigenvalue weighted by Crippen LogP contribution is -2.40. The number of thiocarbonyl (C=S) groups is 1. The fourth-order valence-electron chi connectivity index (χ4n) is 1.87. The SMILES string of the molecule is NC(=S)c1ccc(N2CCS(=O)(=O)CC2)cc1F. The lowest BCUT2D eigenvalue weighted by Gasteiger charge is -2.28. The summed E-state index contributed by atoms with van der Waals surface area (Å²) in [5.41, 5.74) is 6.24. The quantitative estimate of drug-likeness (QED) is 0.812. The summed E-state index contributed by atoms with van der Waals surface area (Å²) >= 11 is 4.72. The number of hydrogen-bond acceptors (Lipinski definition) is 4. The number of nitrogens with two attached hydrogens (primary N) is 1. The molecule has 0 bridgehead atoms. The standard InChI is InChI=1S/C11H13FN2O2S2/c12-10-7-8(1-2-9(10)11(13)17)14-3-5-18(15,16)6-4-14/h1-2,7H,3-6H2,(H2,13,17). The molecule has 0 unspecified atom stereocenters. The van der Waals surface area contributed by atoms with Gasteiger partial charge in [-0.2, -0.15) is 0 Å². The van der Waals surface area contributed by atoms with Crippen LogP contribution in [0.4, 0.5) is 10.1 Å². The third-order valence-electron chi connectivity index (χ3n) is 2.93. The maximum atomic E-state index is 13.7. The van der Waals surface area contributed by atoms with Crippen LogP contribution in [-0.2, 0) is 9.84 Å². The molecule has 7 heteroatoms. The van der Waals surface area contributed by atoms with Gasteiger partial charge in [-0.1, -0.05) is 12.2 Å². The lowest BCUT2D eigenvalue weighted by atomic mass is 10.2. The van der Waals surface area contributed by atoms with Crippen molar-refractivity contribution in [3.63, 3.8) is 0 Å². The molecule has 1 aromatic rings. The molecule has 0 aromatic heterocycles. The molecule has 0 saturated carbocycles. The summed E-state index contributed by atoms with van der Waals surface area (Å²) in [4.78, 5) is 1.85. The normalized spacial score (nSPS) is 18.6. The summed E-state index contributed by atoms with van der Waals surface area (Å²) < 4.78 is 36.3. The summed E-state index contributed by atoms with van der Waals surface area (Å²) in [5, 5.41) is 0. The van der Waals surface area contributed by atoms with Crippen molar-refractivity contribution in [1.82, 2.24) is 0 Å². The van der Waals surface area contributed by atoms with Gasteiger partial charge in [0.2, 0.25) is 0 Å². The second kappa shape index (κ2) is 4.81. The number of halogens is 1. The molecule has 0 radical (unpaired) electrons. The highest BCUT2D eigenvalue weighted by Gasteiger charge is 2.22. The first-order valence-electron chi connectivity index (χ1n) is 5.44. The molecule has 0 spiro atoms. The van der Waals surface area contributed by atoms with Crippen molar-refractivity contribution in [2.45, 2.75) is 0 Å². The minimum Gasteiger partial charge on any atom is -0.389 e. The molecule has 1 saturated heterocycles. The van der Waals surface area contributed by atoms with Gasteiger partial charge in [0, 0.05) is 24.3 Å². The Morgan fingerprint density at radius 1 is 1.33 bits per heavy atom. The molecule has 0 atom stereocenters. The second-order valence-corrected chi connectivity index (χ2v) is 6.91. The third-order valence-corrected chi connectivity index (χ3v) is 4.76. The van der Waals surface area contributed by atoms with Gasteiger partial charge in [0.15, 0.2) is 9.84 Å². The molecule has 1 aliphatic heterocycles. The Morgan fingerprint density at radius 2 is 1.94 bits per heavy atom. The minimum absolute atomic E-state index is 0.0141. The topological polar surface area (TPSA) is 63.4 Å². The zero-order valence-corrected chi connectivity index (χ0v) is 11.2. The summed E-state index contributed by atoms with van der Waals surface area (Å²) in [7, 11) is -2.93.